The first-order valence-electron chi connectivity index (χ1n) is 11.9. The van der Waals surface area contributed by atoms with Crippen molar-refractivity contribution in [1.29, 1.82) is 5.26 Å². The molecule has 6 rings (SSSR count). The van der Waals surface area contributed by atoms with E-state index in [1.54, 1.807) is 32.3 Å². The average Bonchev–Trinajstić information content (AvgIpc) is 3.30. The van der Waals surface area contributed by atoms with E-state index in [4.69, 9.17) is 4.74 Å². The number of nitrogens with one attached hydrogen (secondary N) is 1. The van der Waals surface area contributed by atoms with Crippen LogP contribution in [0.5, 0.6) is 5.75 Å². The second kappa shape index (κ2) is 8.33. The second-order valence-corrected chi connectivity index (χ2v) is 13.2. The van der Waals surface area contributed by atoms with E-state index in [-0.39, 0.29) is 17.9 Å². The Morgan fingerprint density at radius 1 is 1.31 bits per heavy atom. The van der Waals surface area contributed by atoms with Gasteiger partial charge in [-0.3, -0.25) is 0 Å². The zero-order valence-corrected chi connectivity index (χ0v) is 20.9. The number of hydrogen-bond donors (Lipinski definition) is 1. The van der Waals surface area contributed by atoms with Crippen LogP contribution in [0.3, 0.4) is 0 Å². The number of hydrogen-bond acceptors (Lipinski definition) is 6. The van der Waals surface area contributed by atoms with E-state index in [9.17, 15) is 18.1 Å². The number of aliphatic imine (C=N–C) groups is 1. The smallest absolute Gasteiger partial charge is 0.207 e. The molecular formula is C25H30FN5O3S. The molecule has 2 atom stereocenters. The lowest BCUT2D eigenvalue weighted by Gasteiger charge is -2.59. The SMILES string of the molecule is CC(C)(Oc1ccc(F)cc1-n1cccn1)/C(=N\C#N)NC1C2CC3CC1CC(S(C)(=O)=O)(C3)C2. The Hall–Kier alpha value is -2.93. The highest BCUT2D eigenvalue weighted by Gasteiger charge is 2.60. The predicted octanol–water partition coefficient (Wildman–Crippen LogP) is 3.63. The molecule has 4 bridgehead atoms. The van der Waals surface area contributed by atoms with Crippen molar-refractivity contribution in [1.82, 2.24) is 15.1 Å². The van der Waals surface area contributed by atoms with Crippen LogP contribution in [0.1, 0.15) is 46.0 Å². The molecule has 186 valence electrons. The number of halogens is 1. The molecule has 1 aromatic carbocycles. The van der Waals surface area contributed by atoms with Gasteiger partial charge in [0.1, 0.15) is 17.3 Å². The van der Waals surface area contributed by atoms with Crippen LogP contribution < -0.4 is 10.1 Å². The monoisotopic (exact) mass is 499 g/mol. The van der Waals surface area contributed by atoms with Crippen LogP contribution in [0.4, 0.5) is 4.39 Å². The molecule has 0 spiro atoms. The molecule has 1 heterocycles. The number of amidine groups is 1. The minimum atomic E-state index is -3.16. The highest BCUT2D eigenvalue weighted by atomic mass is 32.2. The minimum absolute atomic E-state index is 0.0233. The number of ether oxygens (including phenoxy) is 1. The van der Waals surface area contributed by atoms with Gasteiger partial charge >= 0.3 is 0 Å². The third-order valence-corrected chi connectivity index (χ3v) is 10.1. The van der Waals surface area contributed by atoms with E-state index in [1.165, 1.54) is 29.1 Å². The maximum Gasteiger partial charge on any atom is 0.207 e. The topological polar surface area (TPSA) is 109 Å². The highest BCUT2D eigenvalue weighted by Crippen LogP contribution is 2.58. The normalized spacial score (nSPS) is 30.2. The molecule has 0 radical (unpaired) electrons. The summed E-state index contributed by atoms with van der Waals surface area (Å²) in [7, 11) is -3.16. The Kier molecular flexibility index (Phi) is 5.66. The van der Waals surface area contributed by atoms with Crippen LogP contribution in [-0.4, -0.2) is 46.7 Å². The largest absolute Gasteiger partial charge is 0.478 e. The third-order valence-electron chi connectivity index (χ3n) is 8.08. The molecule has 2 aromatic rings. The first-order valence-corrected chi connectivity index (χ1v) is 13.8. The first kappa shape index (κ1) is 23.8. The molecule has 10 heteroatoms. The van der Waals surface area contributed by atoms with Crippen molar-refractivity contribution in [2.75, 3.05) is 6.26 Å². The highest BCUT2D eigenvalue weighted by molar-refractivity contribution is 7.92. The van der Waals surface area contributed by atoms with Gasteiger partial charge in [0.25, 0.3) is 0 Å². The summed E-state index contributed by atoms with van der Waals surface area (Å²) in [5.41, 5.74) is -0.609. The summed E-state index contributed by atoms with van der Waals surface area (Å²) in [6, 6.07) is 5.96. The summed E-state index contributed by atoms with van der Waals surface area (Å²) in [6.45, 7) is 3.61. The van der Waals surface area contributed by atoms with E-state index in [1.807, 2.05) is 6.19 Å². The van der Waals surface area contributed by atoms with Gasteiger partial charge in [-0.1, -0.05) is 0 Å². The number of rotatable bonds is 6. The number of nitriles is 1. The van der Waals surface area contributed by atoms with Gasteiger partial charge in [-0.2, -0.15) is 15.4 Å². The fourth-order valence-corrected chi connectivity index (χ4v) is 8.25. The predicted molar refractivity (Wildman–Crippen MR) is 129 cm³/mol. The second-order valence-electron chi connectivity index (χ2n) is 10.8. The molecule has 35 heavy (non-hydrogen) atoms. The summed E-state index contributed by atoms with van der Waals surface area (Å²) in [6.07, 6.45) is 10.6. The van der Waals surface area contributed by atoms with Crippen molar-refractivity contribution in [3.05, 3.63) is 42.5 Å². The summed E-state index contributed by atoms with van der Waals surface area (Å²) >= 11 is 0. The van der Waals surface area contributed by atoms with Gasteiger partial charge in [-0.25, -0.2) is 17.5 Å². The van der Waals surface area contributed by atoms with E-state index in [2.05, 4.69) is 15.4 Å². The van der Waals surface area contributed by atoms with Crippen LogP contribution in [0.2, 0.25) is 0 Å². The standard InChI is InChI=1S/C25H30FN5O3S/c1-24(2,34-21-6-5-19(26)11-20(21)31-8-4-7-29-31)23(28-15-27)30-22-17-9-16-10-18(22)14-25(12-16,13-17)35(3,32)33/h4-8,11,16-18,22H,9-10,12-14H2,1-3H3,(H,28,30). The first-order chi connectivity index (χ1) is 16.5. The van der Waals surface area contributed by atoms with E-state index >= 15 is 0 Å². The summed E-state index contributed by atoms with van der Waals surface area (Å²) in [5.74, 6) is 1.17. The van der Waals surface area contributed by atoms with Crippen LogP contribution in [-0.2, 0) is 9.84 Å². The molecule has 4 saturated carbocycles. The van der Waals surface area contributed by atoms with E-state index in [0.29, 0.717) is 36.0 Å². The summed E-state index contributed by atoms with van der Waals surface area (Å²) in [4.78, 5) is 4.09. The fourth-order valence-electron chi connectivity index (χ4n) is 6.68. The van der Waals surface area contributed by atoms with Crippen LogP contribution in [0.25, 0.3) is 5.69 Å². The van der Waals surface area contributed by atoms with Crippen LogP contribution in [0.15, 0.2) is 41.7 Å². The Labute approximate surface area is 205 Å². The van der Waals surface area contributed by atoms with Gasteiger partial charge < -0.3 is 10.1 Å². The molecule has 4 aliphatic rings. The van der Waals surface area contributed by atoms with Crippen LogP contribution in [0, 0.1) is 35.0 Å². The lowest BCUT2D eigenvalue weighted by Crippen LogP contribution is -2.65. The van der Waals surface area contributed by atoms with Gasteiger partial charge in [0, 0.05) is 30.8 Å². The van der Waals surface area contributed by atoms with Crippen molar-refractivity contribution in [2.45, 2.75) is 62.3 Å². The number of benzene rings is 1. The van der Waals surface area contributed by atoms with E-state index < -0.39 is 26.0 Å². The molecule has 0 saturated heterocycles. The molecule has 8 nitrogen and oxygen atoms in total. The zero-order chi connectivity index (χ0) is 25.0. The Balaban J connectivity index is 1.41. The Morgan fingerprint density at radius 2 is 2.03 bits per heavy atom. The van der Waals surface area contributed by atoms with Crippen molar-refractivity contribution >= 4 is 15.7 Å². The fraction of sp³-hybridized carbons (Fsp3) is 0.560. The summed E-state index contributed by atoms with van der Waals surface area (Å²) < 4.78 is 46.6. The maximum atomic E-state index is 14.0. The molecule has 4 fully saturated rings. The zero-order valence-electron chi connectivity index (χ0n) is 20.1. The molecule has 1 N–H and O–H groups in total. The Bertz CT molecular complexity index is 1280. The average molecular weight is 500 g/mol. The quantitative estimate of drug-likeness (QED) is 0.369. The van der Waals surface area contributed by atoms with Gasteiger partial charge in [-0.15, -0.1) is 0 Å². The maximum absolute atomic E-state index is 14.0. The van der Waals surface area contributed by atoms with Crippen LogP contribution >= 0.6 is 0 Å². The van der Waals surface area contributed by atoms with Gasteiger partial charge in [0.2, 0.25) is 6.19 Å². The molecular weight excluding hydrogens is 469 g/mol. The van der Waals surface area contributed by atoms with Crippen molar-refractivity contribution < 1.29 is 17.5 Å². The molecule has 0 amide bonds. The summed E-state index contributed by atoms with van der Waals surface area (Å²) in [5, 5.41) is 17.2. The number of aromatic nitrogens is 2. The van der Waals surface area contributed by atoms with Crippen molar-refractivity contribution in [3.8, 4) is 17.6 Å². The van der Waals surface area contributed by atoms with Crippen molar-refractivity contribution in [3.63, 3.8) is 0 Å². The van der Waals surface area contributed by atoms with Gasteiger partial charge in [-0.05, 0) is 81.9 Å². The lowest BCUT2D eigenvalue weighted by atomic mass is 9.53. The third kappa shape index (κ3) is 4.20. The number of sulfone groups is 1. The molecule has 1 aromatic heterocycles. The minimum Gasteiger partial charge on any atom is -0.478 e. The molecule has 2 unspecified atom stereocenters. The molecule has 0 aliphatic heterocycles. The lowest BCUT2D eigenvalue weighted by molar-refractivity contribution is 0.00460. The van der Waals surface area contributed by atoms with Gasteiger partial charge in [0.05, 0.1) is 4.75 Å². The molecule has 4 aliphatic carbocycles. The Morgan fingerprint density at radius 3 is 2.63 bits per heavy atom. The van der Waals surface area contributed by atoms with Gasteiger partial charge in [0.15, 0.2) is 21.3 Å². The van der Waals surface area contributed by atoms with E-state index in [0.717, 1.165) is 19.3 Å². The van der Waals surface area contributed by atoms with Crippen molar-refractivity contribution in [2.24, 2.45) is 22.7 Å². The number of nitrogens with zero attached hydrogens (tertiary/aromatic N) is 4.